The van der Waals surface area contributed by atoms with Crippen LogP contribution < -0.4 is 10.1 Å². The molecule has 4 rings (SSSR count). The predicted molar refractivity (Wildman–Crippen MR) is 126 cm³/mol. The van der Waals surface area contributed by atoms with Gasteiger partial charge < -0.3 is 10.1 Å². The summed E-state index contributed by atoms with van der Waals surface area (Å²) in [5.41, 5.74) is 3.59. The number of aryl methyl sites for hydroxylation is 1. The molecule has 1 amide bonds. The van der Waals surface area contributed by atoms with Crippen molar-refractivity contribution in [2.75, 3.05) is 5.32 Å². The van der Waals surface area contributed by atoms with E-state index in [1.807, 2.05) is 48.7 Å². The summed E-state index contributed by atoms with van der Waals surface area (Å²) in [4.78, 5) is 13.2. The summed E-state index contributed by atoms with van der Waals surface area (Å²) in [6, 6.07) is 15.1. The number of carbonyl (C=O) groups is 1. The first-order valence-corrected chi connectivity index (χ1v) is 11.1. The van der Waals surface area contributed by atoms with E-state index in [4.69, 9.17) is 27.9 Å². The van der Waals surface area contributed by atoms with Crippen molar-refractivity contribution in [1.29, 1.82) is 0 Å². The van der Waals surface area contributed by atoms with Crippen LogP contribution in [0.1, 0.15) is 26.4 Å². The smallest absolute Gasteiger partial charge is 0.265 e. The average Bonchev–Trinajstić information content (AvgIpc) is 3.38. The molecule has 0 aliphatic rings. The van der Waals surface area contributed by atoms with Crippen molar-refractivity contribution in [3.8, 4) is 5.75 Å². The van der Waals surface area contributed by atoms with E-state index in [9.17, 15) is 4.79 Å². The van der Waals surface area contributed by atoms with Gasteiger partial charge in [-0.2, -0.15) is 5.10 Å². The van der Waals surface area contributed by atoms with Gasteiger partial charge in [0.05, 0.1) is 23.3 Å². The number of hydrogen-bond donors (Lipinski definition) is 1. The van der Waals surface area contributed by atoms with Crippen LogP contribution in [0.15, 0.2) is 66.3 Å². The van der Waals surface area contributed by atoms with Crippen molar-refractivity contribution in [2.45, 2.75) is 20.1 Å². The van der Waals surface area contributed by atoms with E-state index < -0.39 is 0 Å². The Hall–Kier alpha value is -2.80. The van der Waals surface area contributed by atoms with Crippen molar-refractivity contribution in [3.05, 3.63) is 97.9 Å². The largest absolute Gasteiger partial charge is 0.489 e. The van der Waals surface area contributed by atoms with Crippen molar-refractivity contribution in [2.24, 2.45) is 0 Å². The zero-order chi connectivity index (χ0) is 21.8. The zero-order valence-electron chi connectivity index (χ0n) is 16.6. The van der Waals surface area contributed by atoms with E-state index >= 15 is 0 Å². The zero-order valence-corrected chi connectivity index (χ0v) is 19.0. The second-order valence-corrected chi connectivity index (χ2v) is 8.80. The number of benzene rings is 2. The summed E-state index contributed by atoms with van der Waals surface area (Å²) >= 11 is 13.5. The van der Waals surface area contributed by atoms with E-state index in [0.717, 1.165) is 22.4 Å². The third-order valence-corrected chi connectivity index (χ3v) is 6.08. The molecule has 158 valence electrons. The van der Waals surface area contributed by atoms with E-state index in [-0.39, 0.29) is 5.91 Å². The van der Waals surface area contributed by atoms with Crippen molar-refractivity contribution >= 4 is 46.1 Å². The lowest BCUT2D eigenvalue weighted by atomic mass is 10.2. The summed E-state index contributed by atoms with van der Waals surface area (Å²) in [5.74, 6) is 0.626. The monoisotopic (exact) mass is 471 g/mol. The number of anilines is 1. The molecule has 5 nitrogen and oxygen atoms in total. The number of halogens is 2. The Morgan fingerprint density at radius 3 is 2.87 bits per heavy atom. The minimum absolute atomic E-state index is 0.184. The molecular weight excluding hydrogens is 453 g/mol. The van der Waals surface area contributed by atoms with Crippen LogP contribution in [0.3, 0.4) is 0 Å². The highest BCUT2D eigenvalue weighted by Gasteiger charge is 2.12. The maximum Gasteiger partial charge on any atom is 0.265 e. The van der Waals surface area contributed by atoms with Crippen LogP contribution in [-0.2, 0) is 13.2 Å². The van der Waals surface area contributed by atoms with E-state index in [2.05, 4.69) is 10.4 Å². The molecule has 0 bridgehead atoms. The third kappa shape index (κ3) is 5.67. The van der Waals surface area contributed by atoms with E-state index in [0.29, 0.717) is 33.8 Å². The molecule has 0 saturated carbocycles. The molecule has 0 saturated heterocycles. The average molecular weight is 472 g/mol. The molecule has 2 aromatic heterocycles. The molecule has 0 radical (unpaired) electrons. The molecule has 31 heavy (non-hydrogen) atoms. The lowest BCUT2D eigenvalue weighted by Gasteiger charge is -2.05. The van der Waals surface area contributed by atoms with Crippen molar-refractivity contribution in [3.63, 3.8) is 0 Å². The first kappa shape index (κ1) is 21.4. The van der Waals surface area contributed by atoms with Gasteiger partial charge >= 0.3 is 0 Å². The molecule has 2 heterocycles. The molecule has 0 aliphatic heterocycles. The number of aromatic nitrogens is 2. The second-order valence-electron chi connectivity index (χ2n) is 7.04. The first-order valence-electron chi connectivity index (χ1n) is 9.51. The molecule has 4 aromatic rings. The molecule has 0 unspecified atom stereocenters. The van der Waals surface area contributed by atoms with Gasteiger partial charge in [0.2, 0.25) is 0 Å². The van der Waals surface area contributed by atoms with Gasteiger partial charge in [0.25, 0.3) is 5.91 Å². The van der Waals surface area contributed by atoms with Gasteiger partial charge in [0.1, 0.15) is 12.4 Å². The fourth-order valence-corrected chi connectivity index (χ4v) is 4.23. The van der Waals surface area contributed by atoms with Gasteiger partial charge in [0.15, 0.2) is 0 Å². The van der Waals surface area contributed by atoms with Gasteiger partial charge in [-0.25, -0.2) is 0 Å². The van der Waals surface area contributed by atoms with Gasteiger partial charge in [-0.15, -0.1) is 11.3 Å². The van der Waals surface area contributed by atoms with Crippen LogP contribution in [0, 0.1) is 6.92 Å². The molecule has 0 spiro atoms. The highest BCUT2D eigenvalue weighted by atomic mass is 35.5. The Morgan fingerprint density at radius 1 is 1.19 bits per heavy atom. The minimum Gasteiger partial charge on any atom is -0.489 e. The minimum atomic E-state index is -0.184. The summed E-state index contributed by atoms with van der Waals surface area (Å²) in [6.45, 7) is 2.91. The summed E-state index contributed by atoms with van der Waals surface area (Å²) in [6.07, 6.45) is 3.37. The Bertz CT molecular complexity index is 1220. The fourth-order valence-electron chi connectivity index (χ4n) is 2.97. The van der Waals surface area contributed by atoms with Crippen LogP contribution in [0.5, 0.6) is 5.75 Å². The lowest BCUT2D eigenvalue weighted by molar-refractivity contribution is 0.103. The molecule has 0 aliphatic carbocycles. The normalized spacial score (nSPS) is 10.8. The van der Waals surface area contributed by atoms with Crippen molar-refractivity contribution < 1.29 is 9.53 Å². The van der Waals surface area contributed by atoms with Crippen LogP contribution in [-0.4, -0.2) is 15.7 Å². The number of thiophene rings is 1. The predicted octanol–water partition coefficient (Wildman–Crippen LogP) is 6.44. The number of nitrogens with zero attached hydrogens (tertiary/aromatic N) is 2. The van der Waals surface area contributed by atoms with Crippen LogP contribution >= 0.6 is 34.5 Å². The maximum absolute atomic E-state index is 12.6. The number of ether oxygens (including phenoxy) is 1. The number of rotatable bonds is 7. The molecule has 8 heteroatoms. The van der Waals surface area contributed by atoms with Gasteiger partial charge in [-0.05, 0) is 53.8 Å². The number of carbonyl (C=O) groups excluding carboxylic acids is 1. The Labute approximate surface area is 194 Å². The van der Waals surface area contributed by atoms with E-state index in [1.165, 1.54) is 11.3 Å². The standard InChI is InChI=1S/C23H19Cl2N3O2S/c1-15-3-2-4-20(7-15)30-13-16-8-22(31-14-16)23(29)27-19-10-26-28(12-19)11-17-5-6-18(24)9-21(17)25/h2-10,12,14H,11,13H2,1H3,(H,27,29). The van der Waals surface area contributed by atoms with Crippen LogP contribution in [0.2, 0.25) is 10.0 Å². The lowest BCUT2D eigenvalue weighted by Crippen LogP contribution is -2.09. The summed E-state index contributed by atoms with van der Waals surface area (Å²) < 4.78 is 7.51. The SMILES string of the molecule is Cc1cccc(OCc2csc(C(=O)Nc3cnn(Cc4ccc(Cl)cc4Cl)c3)c2)c1. The molecule has 0 fully saturated rings. The topological polar surface area (TPSA) is 56.1 Å². The molecular formula is C23H19Cl2N3O2S. The molecule has 2 aromatic carbocycles. The summed E-state index contributed by atoms with van der Waals surface area (Å²) in [5, 5.41) is 10.3. The Kier molecular flexibility index (Phi) is 6.61. The fraction of sp³-hybridized carbons (Fsp3) is 0.130. The second kappa shape index (κ2) is 9.56. The quantitative estimate of drug-likeness (QED) is 0.337. The van der Waals surface area contributed by atoms with Crippen LogP contribution in [0.25, 0.3) is 0 Å². The highest BCUT2D eigenvalue weighted by Crippen LogP contribution is 2.23. The van der Waals surface area contributed by atoms with Crippen molar-refractivity contribution in [1.82, 2.24) is 9.78 Å². The number of nitrogens with one attached hydrogen (secondary N) is 1. The highest BCUT2D eigenvalue weighted by molar-refractivity contribution is 7.12. The number of hydrogen-bond acceptors (Lipinski definition) is 4. The molecule has 1 N–H and O–H groups in total. The van der Waals surface area contributed by atoms with Gasteiger partial charge in [-0.3, -0.25) is 9.48 Å². The van der Waals surface area contributed by atoms with Gasteiger partial charge in [0, 0.05) is 21.8 Å². The number of amides is 1. The summed E-state index contributed by atoms with van der Waals surface area (Å²) in [7, 11) is 0. The first-order chi connectivity index (χ1) is 15.0. The maximum atomic E-state index is 12.6. The molecule has 0 atom stereocenters. The Morgan fingerprint density at radius 2 is 2.06 bits per heavy atom. The van der Waals surface area contributed by atoms with Crippen LogP contribution in [0.4, 0.5) is 5.69 Å². The van der Waals surface area contributed by atoms with E-state index in [1.54, 1.807) is 29.2 Å². The third-order valence-electron chi connectivity index (χ3n) is 4.51. The van der Waals surface area contributed by atoms with Gasteiger partial charge in [-0.1, -0.05) is 41.4 Å². The Balaban J connectivity index is 1.34.